The first kappa shape index (κ1) is 26.7. The first-order chi connectivity index (χ1) is 13.4. The standard InChI is InChI=1S/C22H44N2O4/c1-6-8-9-10-11-12-14-20(15-13-16-21(25)27-19(3)4)28-22(26)23-17-18-24(5)7-2/h19-20H,6-18H2,1-5H3,(H,23,26). The third-order valence-corrected chi connectivity index (χ3v) is 4.73. The maximum absolute atomic E-state index is 12.1. The predicted molar refractivity (Wildman–Crippen MR) is 115 cm³/mol. The third-order valence-electron chi connectivity index (χ3n) is 4.73. The van der Waals surface area contributed by atoms with Crippen LogP contribution in [0.3, 0.4) is 0 Å². The monoisotopic (exact) mass is 400 g/mol. The second kappa shape index (κ2) is 17.8. The molecular formula is C22H44N2O4. The Morgan fingerprint density at radius 3 is 2.21 bits per heavy atom. The van der Waals surface area contributed by atoms with Crippen LogP contribution in [-0.4, -0.2) is 55.9 Å². The Labute approximate surface area is 172 Å². The van der Waals surface area contributed by atoms with Crippen LogP contribution in [0.1, 0.15) is 91.9 Å². The number of alkyl carbamates (subject to hydrolysis) is 1. The molecule has 0 aromatic rings. The van der Waals surface area contributed by atoms with E-state index in [1.807, 2.05) is 20.9 Å². The molecule has 0 radical (unpaired) electrons. The summed E-state index contributed by atoms with van der Waals surface area (Å²) in [4.78, 5) is 25.9. The van der Waals surface area contributed by atoms with Crippen molar-refractivity contribution in [3.05, 3.63) is 0 Å². The summed E-state index contributed by atoms with van der Waals surface area (Å²) in [5, 5.41) is 2.83. The van der Waals surface area contributed by atoms with Gasteiger partial charge in [-0.15, -0.1) is 0 Å². The maximum Gasteiger partial charge on any atom is 0.407 e. The van der Waals surface area contributed by atoms with Gasteiger partial charge in [0.25, 0.3) is 0 Å². The zero-order valence-electron chi connectivity index (χ0n) is 18.9. The van der Waals surface area contributed by atoms with E-state index in [0.717, 1.165) is 32.4 Å². The number of carbonyl (C=O) groups excluding carboxylic acids is 2. The number of ether oxygens (including phenoxy) is 2. The Kier molecular flexibility index (Phi) is 16.9. The first-order valence-electron chi connectivity index (χ1n) is 11.2. The van der Waals surface area contributed by atoms with E-state index in [-0.39, 0.29) is 24.3 Å². The van der Waals surface area contributed by atoms with Crippen molar-refractivity contribution in [3.8, 4) is 0 Å². The zero-order chi connectivity index (χ0) is 21.2. The third kappa shape index (κ3) is 16.8. The minimum Gasteiger partial charge on any atom is -0.463 e. The number of likely N-dealkylation sites (N-methyl/N-ethyl adjacent to an activating group) is 1. The molecule has 1 unspecified atom stereocenters. The highest BCUT2D eigenvalue weighted by Crippen LogP contribution is 2.16. The number of nitrogens with one attached hydrogen (secondary N) is 1. The molecule has 0 aliphatic heterocycles. The summed E-state index contributed by atoms with van der Waals surface area (Å²) >= 11 is 0. The molecule has 0 fully saturated rings. The van der Waals surface area contributed by atoms with Crippen molar-refractivity contribution in [3.63, 3.8) is 0 Å². The molecule has 1 amide bonds. The van der Waals surface area contributed by atoms with E-state index in [0.29, 0.717) is 25.8 Å². The van der Waals surface area contributed by atoms with Crippen LogP contribution >= 0.6 is 0 Å². The lowest BCUT2D eigenvalue weighted by atomic mass is 10.0. The zero-order valence-corrected chi connectivity index (χ0v) is 18.9. The molecule has 28 heavy (non-hydrogen) atoms. The number of unbranched alkanes of at least 4 members (excludes halogenated alkanes) is 5. The fourth-order valence-electron chi connectivity index (χ4n) is 2.91. The van der Waals surface area contributed by atoms with Crippen molar-refractivity contribution in [2.24, 2.45) is 0 Å². The van der Waals surface area contributed by atoms with Gasteiger partial charge >= 0.3 is 12.1 Å². The summed E-state index contributed by atoms with van der Waals surface area (Å²) < 4.78 is 10.8. The lowest BCUT2D eigenvalue weighted by molar-refractivity contribution is -0.147. The van der Waals surface area contributed by atoms with Gasteiger partial charge in [0.2, 0.25) is 0 Å². The van der Waals surface area contributed by atoms with Crippen LogP contribution in [0.2, 0.25) is 0 Å². The molecule has 0 aromatic carbocycles. The molecule has 0 aromatic heterocycles. The summed E-state index contributed by atoms with van der Waals surface area (Å²) in [5.74, 6) is -0.180. The molecule has 6 heteroatoms. The summed E-state index contributed by atoms with van der Waals surface area (Å²) in [6.45, 7) is 10.3. The summed E-state index contributed by atoms with van der Waals surface area (Å²) in [5.41, 5.74) is 0. The van der Waals surface area contributed by atoms with Crippen LogP contribution in [0, 0.1) is 0 Å². The smallest absolute Gasteiger partial charge is 0.407 e. The van der Waals surface area contributed by atoms with Crippen LogP contribution in [0.5, 0.6) is 0 Å². The van der Waals surface area contributed by atoms with Crippen LogP contribution in [0.25, 0.3) is 0 Å². The minimum absolute atomic E-state index is 0.0882. The van der Waals surface area contributed by atoms with E-state index in [9.17, 15) is 9.59 Å². The van der Waals surface area contributed by atoms with Crippen LogP contribution in [-0.2, 0) is 14.3 Å². The highest BCUT2D eigenvalue weighted by molar-refractivity contribution is 5.69. The van der Waals surface area contributed by atoms with Gasteiger partial charge in [0, 0.05) is 19.5 Å². The van der Waals surface area contributed by atoms with Crippen LogP contribution < -0.4 is 5.32 Å². The molecule has 6 nitrogen and oxygen atoms in total. The Hall–Kier alpha value is -1.30. The topological polar surface area (TPSA) is 67.9 Å². The van der Waals surface area contributed by atoms with Crippen molar-refractivity contribution >= 4 is 12.1 Å². The highest BCUT2D eigenvalue weighted by Gasteiger charge is 2.15. The normalized spacial score (nSPS) is 12.2. The molecule has 0 spiro atoms. The molecule has 0 aliphatic carbocycles. The van der Waals surface area contributed by atoms with E-state index in [2.05, 4.69) is 24.1 Å². The van der Waals surface area contributed by atoms with Gasteiger partial charge in [-0.3, -0.25) is 4.79 Å². The largest absolute Gasteiger partial charge is 0.463 e. The Morgan fingerprint density at radius 1 is 0.929 bits per heavy atom. The van der Waals surface area contributed by atoms with Crippen LogP contribution in [0.15, 0.2) is 0 Å². The second-order valence-electron chi connectivity index (χ2n) is 7.84. The Balaban J connectivity index is 4.25. The lowest BCUT2D eigenvalue weighted by Crippen LogP contribution is -2.35. The minimum atomic E-state index is -0.356. The van der Waals surface area contributed by atoms with Gasteiger partial charge in [0.05, 0.1) is 6.10 Å². The molecule has 0 saturated carbocycles. The summed E-state index contributed by atoms with van der Waals surface area (Å²) in [6, 6.07) is 0. The molecular weight excluding hydrogens is 356 g/mol. The van der Waals surface area contributed by atoms with Gasteiger partial charge in [-0.2, -0.15) is 0 Å². The van der Waals surface area contributed by atoms with Gasteiger partial charge < -0.3 is 19.7 Å². The average molecular weight is 401 g/mol. The molecule has 0 bridgehead atoms. The van der Waals surface area contributed by atoms with E-state index in [1.54, 1.807) is 0 Å². The average Bonchev–Trinajstić information content (AvgIpc) is 2.63. The number of amides is 1. The van der Waals surface area contributed by atoms with Gasteiger partial charge in [-0.1, -0.05) is 46.0 Å². The summed E-state index contributed by atoms with van der Waals surface area (Å²) in [7, 11) is 2.02. The molecule has 0 aliphatic rings. The predicted octanol–water partition coefficient (Wildman–Crippen LogP) is 4.91. The Bertz CT molecular complexity index is 402. The summed E-state index contributed by atoms with van der Waals surface area (Å²) in [6.07, 6.45) is 9.27. The van der Waals surface area contributed by atoms with Gasteiger partial charge in [0.15, 0.2) is 0 Å². The van der Waals surface area contributed by atoms with Crippen LogP contribution in [0.4, 0.5) is 4.79 Å². The fourth-order valence-corrected chi connectivity index (χ4v) is 2.91. The number of rotatable bonds is 17. The Morgan fingerprint density at radius 2 is 1.57 bits per heavy atom. The van der Waals surface area contributed by atoms with Gasteiger partial charge in [-0.05, 0) is 53.1 Å². The number of esters is 1. The highest BCUT2D eigenvalue weighted by atomic mass is 16.6. The molecule has 166 valence electrons. The van der Waals surface area contributed by atoms with E-state index < -0.39 is 0 Å². The van der Waals surface area contributed by atoms with Crippen molar-refractivity contribution in [2.45, 2.75) is 104 Å². The van der Waals surface area contributed by atoms with Crippen molar-refractivity contribution in [1.29, 1.82) is 0 Å². The molecule has 1 atom stereocenters. The number of carbonyl (C=O) groups is 2. The molecule has 0 heterocycles. The second-order valence-corrected chi connectivity index (χ2v) is 7.84. The van der Waals surface area contributed by atoms with E-state index >= 15 is 0 Å². The lowest BCUT2D eigenvalue weighted by Gasteiger charge is -2.19. The van der Waals surface area contributed by atoms with Gasteiger partial charge in [0.1, 0.15) is 6.10 Å². The number of hydrogen-bond donors (Lipinski definition) is 1. The molecule has 0 saturated heterocycles. The number of hydrogen-bond acceptors (Lipinski definition) is 5. The molecule has 0 rings (SSSR count). The van der Waals surface area contributed by atoms with E-state index in [4.69, 9.17) is 9.47 Å². The SMILES string of the molecule is CCCCCCCCC(CCCC(=O)OC(C)C)OC(=O)NCCN(C)CC. The van der Waals surface area contributed by atoms with Gasteiger partial charge in [-0.25, -0.2) is 4.79 Å². The number of nitrogens with zero attached hydrogens (tertiary/aromatic N) is 1. The van der Waals surface area contributed by atoms with E-state index in [1.165, 1.54) is 25.7 Å². The van der Waals surface area contributed by atoms with Crippen molar-refractivity contribution in [1.82, 2.24) is 10.2 Å². The first-order valence-corrected chi connectivity index (χ1v) is 11.2. The fraction of sp³-hybridized carbons (Fsp3) is 0.909. The van der Waals surface area contributed by atoms with Crippen molar-refractivity contribution in [2.75, 3.05) is 26.7 Å². The van der Waals surface area contributed by atoms with Crippen molar-refractivity contribution < 1.29 is 19.1 Å². The quantitative estimate of drug-likeness (QED) is 0.278. The maximum atomic E-state index is 12.1. The molecule has 1 N–H and O–H groups in total.